The SMILES string of the molecule is O=C(Oc1ccccc1)c1c[nH]c2ccccc12. The van der Waals surface area contributed by atoms with Crippen molar-refractivity contribution in [2.75, 3.05) is 0 Å². The summed E-state index contributed by atoms with van der Waals surface area (Å²) >= 11 is 0. The third kappa shape index (κ3) is 1.86. The van der Waals surface area contributed by atoms with Crippen molar-refractivity contribution in [2.24, 2.45) is 0 Å². The summed E-state index contributed by atoms with van der Waals surface area (Å²) in [7, 11) is 0. The van der Waals surface area contributed by atoms with Gasteiger partial charge in [0, 0.05) is 17.1 Å². The predicted molar refractivity (Wildman–Crippen MR) is 69.7 cm³/mol. The molecule has 2 aromatic carbocycles. The second-order valence-electron chi connectivity index (χ2n) is 3.95. The number of rotatable bonds is 2. The van der Waals surface area contributed by atoms with Gasteiger partial charge >= 0.3 is 5.97 Å². The molecular formula is C15H11NO2. The van der Waals surface area contributed by atoms with E-state index in [9.17, 15) is 4.79 Å². The highest BCUT2D eigenvalue weighted by Gasteiger charge is 2.13. The van der Waals surface area contributed by atoms with Crippen LogP contribution in [0.5, 0.6) is 5.75 Å². The van der Waals surface area contributed by atoms with Crippen LogP contribution >= 0.6 is 0 Å². The molecule has 18 heavy (non-hydrogen) atoms. The second-order valence-corrected chi connectivity index (χ2v) is 3.95. The standard InChI is InChI=1S/C15H11NO2/c17-15(18-11-6-2-1-3-7-11)13-10-16-14-9-5-4-8-12(13)14/h1-10,16H. The summed E-state index contributed by atoms with van der Waals surface area (Å²) in [4.78, 5) is 15.1. The molecule has 0 fully saturated rings. The highest BCUT2D eigenvalue weighted by Crippen LogP contribution is 2.19. The van der Waals surface area contributed by atoms with E-state index in [1.54, 1.807) is 18.3 Å². The van der Waals surface area contributed by atoms with Gasteiger partial charge in [0.05, 0.1) is 5.56 Å². The van der Waals surface area contributed by atoms with Gasteiger partial charge in [-0.2, -0.15) is 0 Å². The van der Waals surface area contributed by atoms with Crippen molar-refractivity contribution in [2.45, 2.75) is 0 Å². The van der Waals surface area contributed by atoms with Crippen molar-refractivity contribution in [3.05, 3.63) is 66.4 Å². The van der Waals surface area contributed by atoms with Gasteiger partial charge in [0.1, 0.15) is 5.75 Å². The zero-order chi connectivity index (χ0) is 12.4. The Morgan fingerprint density at radius 1 is 0.944 bits per heavy atom. The number of hydrogen-bond donors (Lipinski definition) is 1. The maximum Gasteiger partial charge on any atom is 0.345 e. The van der Waals surface area contributed by atoms with E-state index in [4.69, 9.17) is 4.74 Å². The third-order valence-corrected chi connectivity index (χ3v) is 2.76. The van der Waals surface area contributed by atoms with E-state index < -0.39 is 0 Å². The van der Waals surface area contributed by atoms with Crippen molar-refractivity contribution in [3.63, 3.8) is 0 Å². The first kappa shape index (κ1) is 10.6. The van der Waals surface area contributed by atoms with E-state index in [2.05, 4.69) is 4.98 Å². The van der Waals surface area contributed by atoms with Gasteiger partial charge in [-0.25, -0.2) is 4.79 Å². The number of para-hydroxylation sites is 2. The molecule has 0 saturated heterocycles. The second kappa shape index (κ2) is 4.37. The van der Waals surface area contributed by atoms with Crippen LogP contribution in [-0.4, -0.2) is 11.0 Å². The first-order chi connectivity index (χ1) is 8.84. The smallest absolute Gasteiger partial charge is 0.345 e. The number of ether oxygens (including phenoxy) is 1. The van der Waals surface area contributed by atoms with E-state index in [-0.39, 0.29) is 5.97 Å². The molecule has 0 radical (unpaired) electrons. The van der Waals surface area contributed by atoms with Gasteiger partial charge in [-0.05, 0) is 18.2 Å². The molecule has 1 aromatic heterocycles. The van der Waals surface area contributed by atoms with Crippen LogP contribution in [0.2, 0.25) is 0 Å². The quantitative estimate of drug-likeness (QED) is 0.548. The van der Waals surface area contributed by atoms with Crippen molar-refractivity contribution in [3.8, 4) is 5.75 Å². The Balaban J connectivity index is 1.93. The lowest BCUT2D eigenvalue weighted by Crippen LogP contribution is -2.07. The number of benzene rings is 2. The molecular weight excluding hydrogens is 226 g/mol. The van der Waals surface area contributed by atoms with Crippen molar-refractivity contribution >= 4 is 16.9 Å². The molecule has 3 rings (SSSR count). The molecule has 0 aliphatic rings. The number of fused-ring (bicyclic) bond motifs is 1. The van der Waals surface area contributed by atoms with Crippen molar-refractivity contribution in [1.82, 2.24) is 4.98 Å². The number of nitrogens with one attached hydrogen (secondary N) is 1. The minimum absolute atomic E-state index is 0.348. The fraction of sp³-hybridized carbons (Fsp3) is 0. The summed E-state index contributed by atoms with van der Waals surface area (Å²) in [5.41, 5.74) is 1.48. The number of esters is 1. The Bertz CT molecular complexity index is 686. The van der Waals surface area contributed by atoms with Crippen LogP contribution in [0, 0.1) is 0 Å². The number of hydrogen-bond acceptors (Lipinski definition) is 2. The molecule has 1 heterocycles. The summed E-state index contributed by atoms with van der Waals surface area (Å²) in [6.07, 6.45) is 1.68. The Labute approximate surface area is 104 Å². The molecule has 0 amide bonds. The molecule has 3 nitrogen and oxygen atoms in total. The fourth-order valence-electron chi connectivity index (χ4n) is 1.89. The summed E-state index contributed by atoms with van der Waals surface area (Å²) < 4.78 is 5.31. The summed E-state index contributed by atoms with van der Waals surface area (Å²) in [6.45, 7) is 0. The lowest BCUT2D eigenvalue weighted by Gasteiger charge is -2.02. The van der Waals surface area contributed by atoms with Gasteiger partial charge in [-0.15, -0.1) is 0 Å². The van der Waals surface area contributed by atoms with Crippen LogP contribution in [0.15, 0.2) is 60.8 Å². The largest absolute Gasteiger partial charge is 0.423 e. The van der Waals surface area contributed by atoms with Gasteiger partial charge < -0.3 is 9.72 Å². The zero-order valence-corrected chi connectivity index (χ0v) is 9.59. The van der Waals surface area contributed by atoms with Crippen LogP contribution in [0.4, 0.5) is 0 Å². The molecule has 0 aliphatic carbocycles. The topological polar surface area (TPSA) is 42.1 Å². The summed E-state index contributed by atoms with van der Waals surface area (Å²) in [5.74, 6) is 0.200. The average molecular weight is 237 g/mol. The fourth-order valence-corrected chi connectivity index (χ4v) is 1.89. The normalized spacial score (nSPS) is 10.4. The maximum atomic E-state index is 12.0. The molecule has 0 spiro atoms. The Morgan fingerprint density at radius 2 is 1.67 bits per heavy atom. The monoisotopic (exact) mass is 237 g/mol. The van der Waals surface area contributed by atoms with Gasteiger partial charge in [-0.1, -0.05) is 36.4 Å². The zero-order valence-electron chi connectivity index (χ0n) is 9.59. The highest BCUT2D eigenvalue weighted by atomic mass is 16.5. The minimum atomic E-state index is -0.348. The van der Waals surface area contributed by atoms with Crippen LogP contribution in [-0.2, 0) is 0 Å². The summed E-state index contributed by atoms with van der Waals surface area (Å²) in [6, 6.07) is 16.7. The van der Waals surface area contributed by atoms with Crippen LogP contribution in [0.3, 0.4) is 0 Å². The summed E-state index contributed by atoms with van der Waals surface area (Å²) in [5, 5.41) is 0.874. The maximum absolute atomic E-state index is 12.0. The van der Waals surface area contributed by atoms with Gasteiger partial charge in [0.15, 0.2) is 0 Å². The number of H-pyrrole nitrogens is 1. The molecule has 0 atom stereocenters. The van der Waals surface area contributed by atoms with E-state index in [0.717, 1.165) is 10.9 Å². The molecule has 3 heteroatoms. The number of aromatic nitrogens is 1. The molecule has 0 saturated carbocycles. The highest BCUT2D eigenvalue weighted by molar-refractivity contribution is 6.04. The number of carbonyl (C=O) groups excluding carboxylic acids is 1. The first-order valence-electron chi connectivity index (χ1n) is 5.68. The molecule has 0 aliphatic heterocycles. The van der Waals surface area contributed by atoms with E-state index in [0.29, 0.717) is 11.3 Å². The Kier molecular flexibility index (Phi) is 2.57. The van der Waals surface area contributed by atoms with Gasteiger partial charge in [0.25, 0.3) is 0 Å². The Morgan fingerprint density at radius 3 is 2.50 bits per heavy atom. The number of carbonyl (C=O) groups is 1. The average Bonchev–Trinajstić information content (AvgIpc) is 2.84. The van der Waals surface area contributed by atoms with Crippen LogP contribution < -0.4 is 4.74 Å². The first-order valence-corrected chi connectivity index (χ1v) is 5.68. The van der Waals surface area contributed by atoms with Gasteiger partial charge in [-0.3, -0.25) is 0 Å². The van der Waals surface area contributed by atoms with Crippen LogP contribution in [0.1, 0.15) is 10.4 Å². The molecule has 1 N–H and O–H groups in total. The molecule has 3 aromatic rings. The van der Waals surface area contributed by atoms with Crippen LogP contribution in [0.25, 0.3) is 10.9 Å². The molecule has 88 valence electrons. The molecule has 0 unspecified atom stereocenters. The predicted octanol–water partition coefficient (Wildman–Crippen LogP) is 3.39. The van der Waals surface area contributed by atoms with E-state index in [1.165, 1.54) is 0 Å². The Hall–Kier alpha value is -2.55. The van der Waals surface area contributed by atoms with Gasteiger partial charge in [0.2, 0.25) is 0 Å². The number of aromatic amines is 1. The lowest BCUT2D eigenvalue weighted by molar-refractivity contribution is 0.0737. The molecule has 0 bridgehead atoms. The minimum Gasteiger partial charge on any atom is -0.423 e. The van der Waals surface area contributed by atoms with Crippen molar-refractivity contribution < 1.29 is 9.53 Å². The van der Waals surface area contributed by atoms with E-state index >= 15 is 0 Å². The van der Waals surface area contributed by atoms with Crippen molar-refractivity contribution in [1.29, 1.82) is 0 Å². The lowest BCUT2D eigenvalue weighted by atomic mass is 10.2. The van der Waals surface area contributed by atoms with E-state index in [1.807, 2.05) is 42.5 Å². The third-order valence-electron chi connectivity index (χ3n) is 2.76.